The number of hydrogen-bond acceptors (Lipinski definition) is 2. The quantitative estimate of drug-likeness (QED) is 0.648. The van der Waals surface area contributed by atoms with Gasteiger partial charge >= 0.3 is 0 Å². The van der Waals surface area contributed by atoms with E-state index in [0.29, 0.717) is 5.52 Å². The lowest BCUT2D eigenvalue weighted by atomic mass is 9.72. The van der Waals surface area contributed by atoms with Crippen LogP contribution in [0, 0.1) is 19.7 Å². The standard InChI is InChI=1S/C15H15FN2O/c1-9-10(2)18-14-12(9)6-11(7-13(14)16)15(17-8-19)4-3-5-15/h6-7,18H,3-5H2,1-2H3. The van der Waals surface area contributed by atoms with E-state index in [4.69, 9.17) is 0 Å². The highest BCUT2D eigenvalue weighted by atomic mass is 19.1. The Kier molecular flexibility index (Phi) is 2.58. The maximum Gasteiger partial charge on any atom is 0.235 e. The fourth-order valence-electron chi connectivity index (χ4n) is 2.85. The van der Waals surface area contributed by atoms with Crippen LogP contribution in [0.1, 0.15) is 36.1 Å². The van der Waals surface area contributed by atoms with Crippen molar-refractivity contribution in [3.63, 3.8) is 0 Å². The van der Waals surface area contributed by atoms with Crippen molar-refractivity contribution in [2.24, 2.45) is 4.99 Å². The van der Waals surface area contributed by atoms with Crippen LogP contribution in [0.25, 0.3) is 10.9 Å². The van der Waals surface area contributed by atoms with Gasteiger partial charge in [-0.1, -0.05) is 0 Å². The normalized spacial score (nSPS) is 17.0. The number of isocyanates is 1. The molecule has 1 aromatic heterocycles. The third-order valence-corrected chi connectivity index (χ3v) is 4.35. The molecule has 2 aromatic rings. The third kappa shape index (κ3) is 1.64. The summed E-state index contributed by atoms with van der Waals surface area (Å²) in [7, 11) is 0. The second-order valence-corrected chi connectivity index (χ2v) is 5.34. The van der Waals surface area contributed by atoms with E-state index in [1.165, 1.54) is 6.07 Å². The van der Waals surface area contributed by atoms with E-state index in [0.717, 1.165) is 41.5 Å². The summed E-state index contributed by atoms with van der Waals surface area (Å²) >= 11 is 0. The molecule has 1 fully saturated rings. The third-order valence-electron chi connectivity index (χ3n) is 4.35. The van der Waals surface area contributed by atoms with Gasteiger partial charge in [0, 0.05) is 11.1 Å². The minimum absolute atomic E-state index is 0.281. The van der Waals surface area contributed by atoms with E-state index in [2.05, 4.69) is 9.98 Å². The molecule has 0 radical (unpaired) electrons. The number of aromatic amines is 1. The predicted molar refractivity (Wildman–Crippen MR) is 71.4 cm³/mol. The van der Waals surface area contributed by atoms with Gasteiger partial charge in [0.25, 0.3) is 0 Å². The number of nitrogens with one attached hydrogen (secondary N) is 1. The van der Waals surface area contributed by atoms with Crippen LogP contribution in [0.15, 0.2) is 17.1 Å². The smallest absolute Gasteiger partial charge is 0.235 e. The summed E-state index contributed by atoms with van der Waals surface area (Å²) in [5, 5.41) is 0.875. The molecule has 0 amide bonds. The molecular formula is C15H15FN2O. The van der Waals surface area contributed by atoms with Gasteiger partial charge in [-0.25, -0.2) is 9.18 Å². The molecule has 1 saturated carbocycles. The fraction of sp³-hybridized carbons (Fsp3) is 0.400. The van der Waals surface area contributed by atoms with Gasteiger partial charge in [-0.2, -0.15) is 4.99 Å². The number of H-pyrrole nitrogens is 1. The first-order valence-corrected chi connectivity index (χ1v) is 6.45. The number of nitrogens with zero attached hydrogens (tertiary/aromatic N) is 1. The molecule has 0 aliphatic heterocycles. The zero-order valence-electron chi connectivity index (χ0n) is 11.0. The molecule has 0 unspecified atom stereocenters. The summed E-state index contributed by atoms with van der Waals surface area (Å²) in [6, 6.07) is 3.45. The lowest BCUT2D eigenvalue weighted by Gasteiger charge is -2.37. The van der Waals surface area contributed by atoms with Crippen LogP contribution >= 0.6 is 0 Å². The van der Waals surface area contributed by atoms with E-state index in [1.54, 1.807) is 6.08 Å². The monoisotopic (exact) mass is 258 g/mol. The number of aromatic nitrogens is 1. The Morgan fingerprint density at radius 2 is 2.11 bits per heavy atom. The Bertz CT molecular complexity index is 706. The van der Waals surface area contributed by atoms with Gasteiger partial charge in [0.2, 0.25) is 6.08 Å². The molecule has 0 atom stereocenters. The second-order valence-electron chi connectivity index (χ2n) is 5.34. The largest absolute Gasteiger partial charge is 0.356 e. The van der Waals surface area contributed by atoms with Crippen LogP contribution in [-0.4, -0.2) is 11.1 Å². The van der Waals surface area contributed by atoms with Gasteiger partial charge < -0.3 is 4.98 Å². The Hall–Kier alpha value is -1.93. The summed E-state index contributed by atoms with van der Waals surface area (Å²) < 4.78 is 14.2. The van der Waals surface area contributed by atoms with E-state index in [9.17, 15) is 9.18 Å². The average Bonchev–Trinajstić information content (AvgIpc) is 2.62. The highest BCUT2D eigenvalue weighted by Crippen LogP contribution is 2.46. The molecule has 0 spiro atoms. The Balaban J connectivity index is 2.25. The number of halogens is 1. The van der Waals surface area contributed by atoms with E-state index in [1.807, 2.05) is 19.9 Å². The first-order chi connectivity index (χ1) is 9.07. The van der Waals surface area contributed by atoms with Crippen LogP contribution in [0.2, 0.25) is 0 Å². The van der Waals surface area contributed by atoms with Gasteiger partial charge in [-0.05, 0) is 56.4 Å². The zero-order valence-corrected chi connectivity index (χ0v) is 11.0. The van der Waals surface area contributed by atoms with Crippen molar-refractivity contribution in [3.05, 3.63) is 34.8 Å². The van der Waals surface area contributed by atoms with Gasteiger partial charge in [-0.3, -0.25) is 0 Å². The molecular weight excluding hydrogens is 243 g/mol. The first kappa shape index (κ1) is 12.1. The summed E-state index contributed by atoms with van der Waals surface area (Å²) in [4.78, 5) is 17.6. The molecule has 1 N–H and O–H groups in total. The van der Waals surface area contributed by atoms with Crippen LogP contribution in [0.3, 0.4) is 0 Å². The second kappa shape index (κ2) is 4.04. The first-order valence-electron chi connectivity index (χ1n) is 6.45. The average molecular weight is 258 g/mol. The molecule has 0 saturated heterocycles. The van der Waals surface area contributed by atoms with Gasteiger partial charge in [0.15, 0.2) is 0 Å². The maximum absolute atomic E-state index is 14.2. The van der Waals surface area contributed by atoms with Crippen LogP contribution < -0.4 is 0 Å². The van der Waals surface area contributed by atoms with Crippen LogP contribution in [-0.2, 0) is 10.3 Å². The number of benzene rings is 1. The number of aliphatic imine (C=N–C) groups is 1. The zero-order chi connectivity index (χ0) is 13.6. The number of rotatable bonds is 2. The maximum atomic E-state index is 14.2. The molecule has 1 aliphatic rings. The van der Waals surface area contributed by atoms with E-state index in [-0.39, 0.29) is 5.82 Å². The molecule has 1 aliphatic carbocycles. The van der Waals surface area contributed by atoms with E-state index >= 15 is 0 Å². The minimum atomic E-state index is -0.547. The van der Waals surface area contributed by atoms with Crippen molar-refractivity contribution in [2.75, 3.05) is 0 Å². The lowest BCUT2D eigenvalue weighted by Crippen LogP contribution is -2.32. The molecule has 0 bridgehead atoms. The highest BCUT2D eigenvalue weighted by Gasteiger charge is 2.39. The van der Waals surface area contributed by atoms with Crippen molar-refractivity contribution >= 4 is 17.0 Å². The molecule has 1 heterocycles. The number of carbonyl (C=O) groups excluding carboxylic acids is 1. The van der Waals surface area contributed by atoms with Crippen molar-refractivity contribution in [1.82, 2.24) is 4.98 Å². The lowest BCUT2D eigenvalue weighted by molar-refractivity contribution is 0.255. The summed E-state index contributed by atoms with van der Waals surface area (Å²) in [6.07, 6.45) is 4.23. The molecule has 1 aromatic carbocycles. The van der Waals surface area contributed by atoms with Crippen molar-refractivity contribution in [1.29, 1.82) is 0 Å². The fourth-order valence-corrected chi connectivity index (χ4v) is 2.85. The number of fused-ring (bicyclic) bond motifs is 1. The highest BCUT2D eigenvalue weighted by molar-refractivity contribution is 5.85. The van der Waals surface area contributed by atoms with Crippen molar-refractivity contribution < 1.29 is 9.18 Å². The Labute approximate surface area is 110 Å². The summed E-state index contributed by atoms with van der Waals surface area (Å²) in [5.74, 6) is -0.281. The summed E-state index contributed by atoms with van der Waals surface area (Å²) in [5.41, 5.74) is 2.78. The van der Waals surface area contributed by atoms with Crippen LogP contribution in [0.4, 0.5) is 4.39 Å². The molecule has 4 heteroatoms. The number of aryl methyl sites for hydroxylation is 2. The molecule has 19 heavy (non-hydrogen) atoms. The summed E-state index contributed by atoms with van der Waals surface area (Å²) in [6.45, 7) is 3.89. The van der Waals surface area contributed by atoms with Gasteiger partial charge in [-0.15, -0.1) is 0 Å². The number of hydrogen-bond donors (Lipinski definition) is 1. The predicted octanol–water partition coefficient (Wildman–Crippen LogP) is 3.64. The van der Waals surface area contributed by atoms with Crippen molar-refractivity contribution in [2.45, 2.75) is 38.6 Å². The van der Waals surface area contributed by atoms with Gasteiger partial charge in [0.1, 0.15) is 5.82 Å². The molecule has 98 valence electrons. The molecule has 3 nitrogen and oxygen atoms in total. The Morgan fingerprint density at radius 1 is 1.37 bits per heavy atom. The van der Waals surface area contributed by atoms with Crippen molar-refractivity contribution in [3.8, 4) is 0 Å². The molecule has 3 rings (SSSR count). The minimum Gasteiger partial charge on any atom is -0.356 e. The van der Waals surface area contributed by atoms with Gasteiger partial charge in [0.05, 0.1) is 11.1 Å². The van der Waals surface area contributed by atoms with Crippen LogP contribution in [0.5, 0.6) is 0 Å². The van der Waals surface area contributed by atoms with E-state index < -0.39 is 5.54 Å². The SMILES string of the molecule is Cc1[nH]c2c(F)cc(C3(N=C=O)CCC3)cc2c1C. The topological polar surface area (TPSA) is 45.2 Å². The Morgan fingerprint density at radius 3 is 2.68 bits per heavy atom.